The van der Waals surface area contributed by atoms with E-state index >= 15 is 0 Å². The zero-order valence-electron chi connectivity index (χ0n) is 13.3. The van der Waals surface area contributed by atoms with Crippen LogP contribution in [-0.2, 0) is 11.3 Å². The predicted molar refractivity (Wildman–Crippen MR) is 86.1 cm³/mol. The number of hydrogen-bond acceptors (Lipinski definition) is 3. The maximum atomic E-state index is 12.5. The minimum absolute atomic E-state index is 0.206. The van der Waals surface area contributed by atoms with Gasteiger partial charge in [0.15, 0.2) is 0 Å². The fraction of sp³-hybridized carbons (Fsp3) is 0.353. The Balaban J connectivity index is 2.09. The minimum atomic E-state index is -1.01. The van der Waals surface area contributed by atoms with Gasteiger partial charge in [0.2, 0.25) is 0 Å². The highest BCUT2D eigenvalue weighted by molar-refractivity contribution is 5.95. The number of rotatable bonds is 7. The predicted octanol–water partition coefficient (Wildman–Crippen LogP) is 2.11. The Morgan fingerprint density at radius 1 is 1.26 bits per heavy atom. The van der Waals surface area contributed by atoms with Crippen molar-refractivity contribution in [2.24, 2.45) is 5.92 Å². The van der Waals surface area contributed by atoms with Gasteiger partial charge in [-0.15, -0.1) is 0 Å². The lowest BCUT2D eigenvalue weighted by molar-refractivity contribution is -0.137. The second kappa shape index (κ2) is 7.58. The van der Waals surface area contributed by atoms with Crippen LogP contribution in [0.2, 0.25) is 0 Å². The Hall–Kier alpha value is -2.63. The molecule has 6 nitrogen and oxygen atoms in total. The van der Waals surface area contributed by atoms with Crippen molar-refractivity contribution in [3.63, 3.8) is 0 Å². The van der Waals surface area contributed by atoms with Gasteiger partial charge in [0.05, 0.1) is 6.54 Å². The van der Waals surface area contributed by atoms with Crippen LogP contribution in [0.15, 0.2) is 42.7 Å². The van der Waals surface area contributed by atoms with Gasteiger partial charge in [-0.2, -0.15) is 5.10 Å². The molecule has 1 amide bonds. The van der Waals surface area contributed by atoms with Gasteiger partial charge in [-0.05, 0) is 29.7 Å². The summed E-state index contributed by atoms with van der Waals surface area (Å²) in [5.41, 5.74) is 1.52. The van der Waals surface area contributed by atoms with Gasteiger partial charge in [0.1, 0.15) is 6.54 Å². The van der Waals surface area contributed by atoms with E-state index in [-0.39, 0.29) is 18.4 Å². The molecule has 0 fully saturated rings. The average molecular weight is 315 g/mol. The van der Waals surface area contributed by atoms with Crippen molar-refractivity contribution in [1.82, 2.24) is 14.7 Å². The maximum absolute atomic E-state index is 12.5. The molecule has 0 aliphatic heterocycles. The van der Waals surface area contributed by atoms with Gasteiger partial charge < -0.3 is 10.0 Å². The van der Waals surface area contributed by atoms with Crippen molar-refractivity contribution in [2.75, 3.05) is 13.1 Å². The fourth-order valence-corrected chi connectivity index (χ4v) is 2.34. The highest BCUT2D eigenvalue weighted by Gasteiger charge is 2.19. The Morgan fingerprint density at radius 3 is 2.48 bits per heavy atom. The molecule has 0 saturated carbocycles. The summed E-state index contributed by atoms with van der Waals surface area (Å²) in [5.74, 6) is -1.06. The molecule has 0 unspecified atom stereocenters. The molecular formula is C17H21N3O3. The van der Waals surface area contributed by atoms with E-state index in [9.17, 15) is 9.59 Å². The van der Waals surface area contributed by atoms with Crippen LogP contribution < -0.4 is 0 Å². The number of nitrogens with zero attached hydrogens (tertiary/aromatic N) is 3. The lowest BCUT2D eigenvalue weighted by Gasteiger charge is -2.22. The third kappa shape index (κ3) is 4.95. The van der Waals surface area contributed by atoms with Crippen molar-refractivity contribution in [3.05, 3.63) is 53.9 Å². The first-order valence-corrected chi connectivity index (χ1v) is 7.53. The lowest BCUT2D eigenvalue weighted by atomic mass is 10.1. The average Bonchev–Trinajstić information content (AvgIpc) is 2.98. The molecule has 122 valence electrons. The van der Waals surface area contributed by atoms with Gasteiger partial charge >= 0.3 is 5.97 Å². The first-order chi connectivity index (χ1) is 11.0. The number of amides is 1. The van der Waals surface area contributed by atoms with E-state index < -0.39 is 5.97 Å². The summed E-state index contributed by atoms with van der Waals surface area (Å²) >= 11 is 0. The molecular weight excluding hydrogens is 294 g/mol. The Bertz CT molecular complexity index is 648. The van der Waals surface area contributed by atoms with Crippen LogP contribution in [0.25, 0.3) is 0 Å². The van der Waals surface area contributed by atoms with E-state index in [1.807, 2.05) is 38.2 Å². The monoisotopic (exact) mass is 315 g/mol. The summed E-state index contributed by atoms with van der Waals surface area (Å²) in [5, 5.41) is 13.1. The quantitative estimate of drug-likeness (QED) is 0.849. The molecule has 2 rings (SSSR count). The summed E-state index contributed by atoms with van der Waals surface area (Å²) in [6.45, 7) is 4.67. The van der Waals surface area contributed by atoms with Crippen molar-refractivity contribution >= 4 is 11.9 Å². The third-order valence-electron chi connectivity index (χ3n) is 3.30. The molecule has 1 aromatic carbocycles. The van der Waals surface area contributed by atoms with E-state index in [2.05, 4.69) is 5.10 Å². The number of benzene rings is 1. The summed E-state index contributed by atoms with van der Waals surface area (Å²) < 4.78 is 1.80. The molecule has 2 aromatic rings. The number of aromatic nitrogens is 2. The molecule has 1 heterocycles. The van der Waals surface area contributed by atoms with Crippen molar-refractivity contribution in [3.8, 4) is 0 Å². The third-order valence-corrected chi connectivity index (χ3v) is 3.30. The van der Waals surface area contributed by atoms with Crippen LogP contribution in [0.1, 0.15) is 29.8 Å². The van der Waals surface area contributed by atoms with Crippen LogP contribution in [0.5, 0.6) is 0 Å². The summed E-state index contributed by atoms with van der Waals surface area (Å²) in [6.07, 6.45) is 3.59. The molecule has 0 radical (unpaired) electrons. The molecule has 23 heavy (non-hydrogen) atoms. The normalized spacial score (nSPS) is 10.7. The zero-order valence-corrected chi connectivity index (χ0v) is 13.3. The van der Waals surface area contributed by atoms with Gasteiger partial charge in [-0.3, -0.25) is 14.3 Å². The van der Waals surface area contributed by atoms with Crippen molar-refractivity contribution in [1.29, 1.82) is 0 Å². The zero-order chi connectivity index (χ0) is 16.8. The van der Waals surface area contributed by atoms with E-state index in [4.69, 9.17) is 5.11 Å². The van der Waals surface area contributed by atoms with Crippen molar-refractivity contribution in [2.45, 2.75) is 20.4 Å². The summed E-state index contributed by atoms with van der Waals surface area (Å²) in [4.78, 5) is 24.8. The van der Waals surface area contributed by atoms with E-state index in [0.29, 0.717) is 18.7 Å². The molecule has 0 saturated heterocycles. The number of carboxylic acid groups (broad SMARTS) is 1. The second-order valence-electron chi connectivity index (χ2n) is 5.87. The highest BCUT2D eigenvalue weighted by Crippen LogP contribution is 2.11. The molecule has 1 aromatic heterocycles. The first kappa shape index (κ1) is 16.7. The number of carbonyl (C=O) groups excluding carboxylic acids is 1. The van der Waals surface area contributed by atoms with E-state index in [1.54, 1.807) is 23.0 Å². The molecule has 0 bridgehead atoms. The maximum Gasteiger partial charge on any atom is 0.323 e. The largest absolute Gasteiger partial charge is 0.480 e. The number of carboxylic acids is 1. The van der Waals surface area contributed by atoms with Crippen LogP contribution in [-0.4, -0.2) is 44.8 Å². The van der Waals surface area contributed by atoms with Crippen LogP contribution in [0.3, 0.4) is 0 Å². The van der Waals surface area contributed by atoms with Gasteiger partial charge in [0, 0.05) is 24.5 Å². The smallest absolute Gasteiger partial charge is 0.323 e. The second-order valence-corrected chi connectivity index (χ2v) is 5.87. The highest BCUT2D eigenvalue weighted by atomic mass is 16.4. The molecule has 0 atom stereocenters. The SMILES string of the molecule is CC(C)CN(CC(=O)O)C(=O)c1ccc(Cn2cccn2)cc1. The topological polar surface area (TPSA) is 75.4 Å². The van der Waals surface area contributed by atoms with Gasteiger partial charge in [0.25, 0.3) is 5.91 Å². The van der Waals surface area contributed by atoms with Crippen molar-refractivity contribution < 1.29 is 14.7 Å². The lowest BCUT2D eigenvalue weighted by Crippen LogP contribution is -2.38. The number of aliphatic carboxylic acids is 1. The molecule has 0 spiro atoms. The van der Waals surface area contributed by atoms with Crippen LogP contribution >= 0.6 is 0 Å². The van der Waals surface area contributed by atoms with Crippen LogP contribution in [0, 0.1) is 5.92 Å². The molecule has 0 aliphatic rings. The first-order valence-electron chi connectivity index (χ1n) is 7.53. The summed E-state index contributed by atoms with van der Waals surface area (Å²) in [7, 11) is 0. The number of carbonyl (C=O) groups is 2. The molecule has 1 N–H and O–H groups in total. The summed E-state index contributed by atoms with van der Waals surface area (Å²) in [6, 6.07) is 9.05. The standard InChI is InChI=1S/C17H21N3O3/c1-13(2)10-19(12-16(21)22)17(23)15-6-4-14(5-7-15)11-20-9-3-8-18-20/h3-9,13H,10-12H2,1-2H3,(H,21,22). The van der Waals surface area contributed by atoms with E-state index in [0.717, 1.165) is 5.56 Å². The van der Waals surface area contributed by atoms with E-state index in [1.165, 1.54) is 4.90 Å². The Labute approximate surface area is 135 Å². The van der Waals surface area contributed by atoms with Gasteiger partial charge in [-0.1, -0.05) is 26.0 Å². The van der Waals surface area contributed by atoms with Gasteiger partial charge in [-0.25, -0.2) is 0 Å². The molecule has 6 heteroatoms. The fourth-order valence-electron chi connectivity index (χ4n) is 2.34. The number of hydrogen-bond donors (Lipinski definition) is 1. The Morgan fingerprint density at radius 2 is 1.96 bits per heavy atom. The van der Waals surface area contributed by atoms with Crippen LogP contribution in [0.4, 0.5) is 0 Å². The molecule has 0 aliphatic carbocycles. The Kier molecular flexibility index (Phi) is 5.51. The minimum Gasteiger partial charge on any atom is -0.480 e.